The lowest BCUT2D eigenvalue weighted by Gasteiger charge is -2.31. The minimum Gasteiger partial charge on any atom is -0.352 e. The standard InChI is InChI=1S/C20H34N4O2S.HI/c1-16-8-10-17(11-9-16)14-24(4)20(21-2)23-13-18-6-5-7-19(12-18)15-27(25,26)22-3;/h5-7,12,16-17,22H,8-11,13-15H2,1-4H3,(H,21,23);1H. The van der Waals surface area contributed by atoms with Crippen LogP contribution >= 0.6 is 24.0 Å². The quantitative estimate of drug-likeness (QED) is 0.328. The topological polar surface area (TPSA) is 73.8 Å². The molecule has 0 spiro atoms. The number of hydrogen-bond acceptors (Lipinski definition) is 3. The number of sulfonamides is 1. The average Bonchev–Trinajstić information content (AvgIpc) is 2.64. The Morgan fingerprint density at radius 3 is 2.46 bits per heavy atom. The monoisotopic (exact) mass is 522 g/mol. The molecule has 2 rings (SSSR count). The molecular weight excluding hydrogens is 487 g/mol. The summed E-state index contributed by atoms with van der Waals surface area (Å²) < 4.78 is 25.8. The largest absolute Gasteiger partial charge is 0.352 e. The van der Waals surface area contributed by atoms with Crippen LogP contribution in [0.15, 0.2) is 29.3 Å². The SMILES string of the molecule is CN=C(NCc1cccc(CS(=O)(=O)NC)c1)N(C)CC1CCC(C)CC1.I. The van der Waals surface area contributed by atoms with Crippen molar-refractivity contribution in [1.29, 1.82) is 0 Å². The molecule has 1 aromatic rings. The third kappa shape index (κ3) is 8.24. The highest BCUT2D eigenvalue weighted by molar-refractivity contribution is 14.0. The second kappa shape index (κ2) is 12.0. The summed E-state index contributed by atoms with van der Waals surface area (Å²) >= 11 is 0. The molecule has 6 nitrogen and oxygen atoms in total. The zero-order valence-electron chi connectivity index (χ0n) is 17.4. The van der Waals surface area contributed by atoms with Crippen molar-refractivity contribution in [2.24, 2.45) is 16.8 Å². The van der Waals surface area contributed by atoms with Gasteiger partial charge in [-0.05, 0) is 42.9 Å². The molecule has 1 aliphatic rings. The summed E-state index contributed by atoms with van der Waals surface area (Å²) in [5.74, 6) is 2.47. The minimum atomic E-state index is -3.26. The molecule has 1 fully saturated rings. The van der Waals surface area contributed by atoms with Gasteiger partial charge in [0.15, 0.2) is 5.96 Å². The molecule has 8 heteroatoms. The van der Waals surface area contributed by atoms with Gasteiger partial charge < -0.3 is 10.2 Å². The van der Waals surface area contributed by atoms with Gasteiger partial charge in [0.1, 0.15) is 0 Å². The number of guanidine groups is 1. The van der Waals surface area contributed by atoms with E-state index in [4.69, 9.17) is 0 Å². The van der Waals surface area contributed by atoms with Crippen molar-refractivity contribution in [2.75, 3.05) is 27.7 Å². The van der Waals surface area contributed by atoms with Crippen LogP contribution in [0.25, 0.3) is 0 Å². The van der Waals surface area contributed by atoms with Crippen LogP contribution in [0.3, 0.4) is 0 Å². The average molecular weight is 522 g/mol. The first-order valence-electron chi connectivity index (χ1n) is 9.73. The Hall–Kier alpha value is -0.870. The summed E-state index contributed by atoms with van der Waals surface area (Å²) in [6.07, 6.45) is 5.24. The van der Waals surface area contributed by atoms with E-state index in [1.54, 1.807) is 7.05 Å². The van der Waals surface area contributed by atoms with Crippen LogP contribution in [0.1, 0.15) is 43.7 Å². The smallest absolute Gasteiger partial charge is 0.215 e. The number of nitrogens with zero attached hydrogens (tertiary/aromatic N) is 2. The van der Waals surface area contributed by atoms with E-state index in [1.165, 1.54) is 32.7 Å². The van der Waals surface area contributed by atoms with Gasteiger partial charge in [-0.3, -0.25) is 4.99 Å². The van der Waals surface area contributed by atoms with Crippen LogP contribution in [0, 0.1) is 11.8 Å². The molecule has 0 unspecified atom stereocenters. The Balaban J connectivity index is 0.00000392. The summed E-state index contributed by atoms with van der Waals surface area (Å²) in [6, 6.07) is 7.66. The second-order valence-corrected chi connectivity index (χ2v) is 9.62. The highest BCUT2D eigenvalue weighted by Crippen LogP contribution is 2.28. The van der Waals surface area contributed by atoms with E-state index in [1.807, 2.05) is 24.3 Å². The molecule has 1 aliphatic carbocycles. The van der Waals surface area contributed by atoms with Crippen LogP contribution in [-0.2, 0) is 22.3 Å². The van der Waals surface area contributed by atoms with Gasteiger partial charge in [-0.1, -0.05) is 44.0 Å². The summed E-state index contributed by atoms with van der Waals surface area (Å²) in [5.41, 5.74) is 1.82. The van der Waals surface area contributed by atoms with Gasteiger partial charge in [0.2, 0.25) is 10.0 Å². The summed E-state index contributed by atoms with van der Waals surface area (Å²) in [5, 5.41) is 3.40. The van der Waals surface area contributed by atoms with Crippen molar-refractivity contribution in [3.05, 3.63) is 35.4 Å². The Morgan fingerprint density at radius 1 is 1.21 bits per heavy atom. The molecule has 28 heavy (non-hydrogen) atoms. The zero-order chi connectivity index (χ0) is 19.9. The Bertz CT molecular complexity index is 731. The van der Waals surface area contributed by atoms with Crippen molar-refractivity contribution in [3.8, 4) is 0 Å². The van der Waals surface area contributed by atoms with E-state index in [2.05, 4.69) is 33.9 Å². The maximum absolute atomic E-state index is 11.7. The highest BCUT2D eigenvalue weighted by Gasteiger charge is 2.20. The number of halogens is 1. The van der Waals surface area contributed by atoms with Gasteiger partial charge in [0.25, 0.3) is 0 Å². The van der Waals surface area contributed by atoms with Gasteiger partial charge in [-0.15, -0.1) is 24.0 Å². The predicted molar refractivity (Wildman–Crippen MR) is 127 cm³/mol. The van der Waals surface area contributed by atoms with Crippen molar-refractivity contribution >= 4 is 40.0 Å². The summed E-state index contributed by atoms with van der Waals surface area (Å²) in [6.45, 7) is 3.98. The predicted octanol–water partition coefficient (Wildman–Crippen LogP) is 3.19. The Morgan fingerprint density at radius 2 is 1.86 bits per heavy atom. The van der Waals surface area contributed by atoms with E-state index in [-0.39, 0.29) is 29.7 Å². The molecule has 1 saturated carbocycles. The van der Waals surface area contributed by atoms with Gasteiger partial charge in [-0.2, -0.15) is 0 Å². The first kappa shape index (κ1) is 25.2. The van der Waals surface area contributed by atoms with Gasteiger partial charge in [0.05, 0.1) is 5.75 Å². The van der Waals surface area contributed by atoms with Crippen LogP contribution in [0.2, 0.25) is 0 Å². The molecule has 0 aromatic heterocycles. The first-order valence-corrected chi connectivity index (χ1v) is 11.4. The van der Waals surface area contributed by atoms with Crippen LogP contribution in [0.5, 0.6) is 0 Å². The van der Waals surface area contributed by atoms with Crippen LogP contribution < -0.4 is 10.0 Å². The molecule has 2 N–H and O–H groups in total. The lowest BCUT2D eigenvalue weighted by molar-refractivity contribution is 0.250. The lowest BCUT2D eigenvalue weighted by atomic mass is 9.83. The third-order valence-electron chi connectivity index (χ3n) is 5.35. The van der Waals surface area contributed by atoms with Crippen molar-refractivity contribution in [2.45, 2.75) is 44.9 Å². The maximum atomic E-state index is 11.7. The van der Waals surface area contributed by atoms with Gasteiger partial charge in [-0.25, -0.2) is 13.1 Å². The zero-order valence-corrected chi connectivity index (χ0v) is 20.6. The van der Waals surface area contributed by atoms with E-state index in [0.717, 1.165) is 35.5 Å². The normalized spacial score (nSPS) is 20.4. The van der Waals surface area contributed by atoms with E-state index < -0.39 is 10.0 Å². The molecule has 0 amide bonds. The van der Waals surface area contributed by atoms with Crippen LogP contribution in [-0.4, -0.2) is 47.0 Å². The van der Waals surface area contributed by atoms with Crippen molar-refractivity contribution < 1.29 is 8.42 Å². The number of nitrogens with one attached hydrogen (secondary N) is 2. The van der Waals surface area contributed by atoms with Crippen molar-refractivity contribution in [3.63, 3.8) is 0 Å². The third-order valence-corrected chi connectivity index (χ3v) is 6.69. The molecular formula is C20H35IN4O2S. The number of rotatable bonds is 7. The molecule has 1 aromatic carbocycles. The lowest BCUT2D eigenvalue weighted by Crippen LogP contribution is -2.41. The van der Waals surface area contributed by atoms with Gasteiger partial charge in [0, 0.05) is 27.2 Å². The molecule has 0 heterocycles. The Kier molecular flexibility index (Phi) is 10.8. The highest BCUT2D eigenvalue weighted by atomic mass is 127. The fourth-order valence-electron chi connectivity index (χ4n) is 3.67. The second-order valence-electron chi connectivity index (χ2n) is 7.69. The summed E-state index contributed by atoms with van der Waals surface area (Å²) in [7, 11) is 2.07. The molecule has 0 radical (unpaired) electrons. The Labute approximate surface area is 187 Å². The molecule has 160 valence electrons. The summed E-state index contributed by atoms with van der Waals surface area (Å²) in [4.78, 5) is 6.61. The fourth-order valence-corrected chi connectivity index (χ4v) is 4.44. The first-order chi connectivity index (χ1) is 12.8. The minimum absolute atomic E-state index is 0. The molecule has 0 aliphatic heterocycles. The van der Waals surface area contributed by atoms with Crippen LogP contribution in [0.4, 0.5) is 0 Å². The van der Waals surface area contributed by atoms with E-state index in [9.17, 15) is 8.42 Å². The van der Waals surface area contributed by atoms with Crippen molar-refractivity contribution in [1.82, 2.24) is 14.9 Å². The number of aliphatic imine (C=N–C) groups is 1. The molecule has 0 bridgehead atoms. The molecule has 0 atom stereocenters. The van der Waals surface area contributed by atoms with E-state index >= 15 is 0 Å². The van der Waals surface area contributed by atoms with Gasteiger partial charge >= 0.3 is 0 Å². The maximum Gasteiger partial charge on any atom is 0.215 e. The number of benzene rings is 1. The van der Waals surface area contributed by atoms with E-state index in [0.29, 0.717) is 6.54 Å². The number of hydrogen-bond donors (Lipinski definition) is 2. The molecule has 0 saturated heterocycles. The fraction of sp³-hybridized carbons (Fsp3) is 0.650.